The predicted molar refractivity (Wildman–Crippen MR) is 120 cm³/mol. The third-order valence-corrected chi connectivity index (χ3v) is 5.35. The zero-order valence-corrected chi connectivity index (χ0v) is 18.4. The van der Waals surface area contributed by atoms with Crippen LogP contribution in [-0.2, 0) is 16.0 Å². The molecule has 0 aliphatic carbocycles. The first-order valence-electron chi connectivity index (χ1n) is 9.10. The summed E-state index contributed by atoms with van der Waals surface area (Å²) in [7, 11) is 0. The molecule has 1 heterocycles. The van der Waals surface area contributed by atoms with Crippen LogP contribution in [-0.4, -0.2) is 39.3 Å². The van der Waals surface area contributed by atoms with Gasteiger partial charge in [0, 0.05) is 23.4 Å². The fourth-order valence-electron chi connectivity index (χ4n) is 2.98. The number of carbonyl (C=O) groups is 3. The number of imide groups is 1. The lowest BCUT2D eigenvalue weighted by molar-refractivity contribution is -0.385. The van der Waals surface area contributed by atoms with Crippen molar-refractivity contribution in [1.29, 1.82) is 0 Å². The van der Waals surface area contributed by atoms with Crippen LogP contribution in [0.4, 0.5) is 16.2 Å². The summed E-state index contributed by atoms with van der Waals surface area (Å²) in [5.74, 6) is -1.61. The Hall–Kier alpha value is -3.48. The number of phenolic OH excluding ortho intramolecular Hbond substituents is 1. The molecule has 0 unspecified atom stereocenters. The Morgan fingerprint density at radius 1 is 1.32 bits per heavy atom. The summed E-state index contributed by atoms with van der Waals surface area (Å²) in [6, 6.07) is 8.63. The molecule has 1 saturated heterocycles. The van der Waals surface area contributed by atoms with Gasteiger partial charge in [0.15, 0.2) is 0 Å². The SMILES string of the molecule is CCc1ccccc1NC(=O)CN1C(=O)N/C(=C/c2cc([N+](=O)[O-])cc(I)c2O)C1=O. The molecule has 0 spiro atoms. The summed E-state index contributed by atoms with van der Waals surface area (Å²) in [5.41, 5.74) is 0.999. The Kier molecular flexibility index (Phi) is 6.53. The van der Waals surface area contributed by atoms with E-state index in [0.29, 0.717) is 12.1 Å². The second-order valence-corrected chi connectivity index (χ2v) is 7.72. The number of para-hydroxylation sites is 1. The van der Waals surface area contributed by atoms with Gasteiger partial charge in [-0.1, -0.05) is 25.1 Å². The summed E-state index contributed by atoms with van der Waals surface area (Å²) in [6.07, 6.45) is 1.83. The molecule has 0 radical (unpaired) electrons. The van der Waals surface area contributed by atoms with Crippen molar-refractivity contribution in [3.63, 3.8) is 0 Å². The maximum absolute atomic E-state index is 12.6. The van der Waals surface area contributed by atoms with Crippen molar-refractivity contribution in [3.05, 3.63) is 66.9 Å². The highest BCUT2D eigenvalue weighted by Gasteiger charge is 2.35. The average Bonchev–Trinajstić information content (AvgIpc) is 2.98. The molecule has 2 aromatic carbocycles. The summed E-state index contributed by atoms with van der Waals surface area (Å²) in [4.78, 5) is 48.4. The first kappa shape index (κ1) is 22.2. The second kappa shape index (κ2) is 9.12. The standard InChI is InChI=1S/C20H17IN4O6/c1-2-11-5-3-4-6-15(11)22-17(26)10-24-19(28)16(23-20(24)29)8-12-7-13(25(30)31)9-14(21)18(12)27/h3-9,27H,2,10H2,1H3,(H,22,26)(H,23,29)/b16-8+. The number of non-ortho nitro benzene ring substituents is 1. The number of anilines is 1. The van der Waals surface area contributed by atoms with Crippen LogP contribution < -0.4 is 10.6 Å². The number of benzene rings is 2. The highest BCUT2D eigenvalue weighted by atomic mass is 127. The zero-order valence-electron chi connectivity index (χ0n) is 16.2. The number of nitro benzene ring substituents is 1. The Morgan fingerprint density at radius 3 is 2.71 bits per heavy atom. The third-order valence-electron chi connectivity index (χ3n) is 4.52. The molecule has 160 valence electrons. The van der Waals surface area contributed by atoms with Crippen LogP contribution in [0.2, 0.25) is 0 Å². The van der Waals surface area contributed by atoms with Gasteiger partial charge in [0.2, 0.25) is 5.91 Å². The molecule has 0 aromatic heterocycles. The minimum Gasteiger partial charge on any atom is -0.506 e. The maximum Gasteiger partial charge on any atom is 0.329 e. The molecule has 4 amide bonds. The number of carbonyl (C=O) groups excluding carboxylic acids is 3. The summed E-state index contributed by atoms with van der Waals surface area (Å²) in [6.45, 7) is 1.42. The summed E-state index contributed by atoms with van der Waals surface area (Å²) >= 11 is 1.72. The lowest BCUT2D eigenvalue weighted by atomic mass is 10.1. The van der Waals surface area contributed by atoms with E-state index in [-0.39, 0.29) is 26.3 Å². The van der Waals surface area contributed by atoms with Gasteiger partial charge in [0.05, 0.1) is 8.49 Å². The minimum atomic E-state index is -0.810. The van der Waals surface area contributed by atoms with Crippen molar-refractivity contribution < 1.29 is 24.4 Å². The quantitative estimate of drug-likeness (QED) is 0.170. The summed E-state index contributed by atoms with van der Waals surface area (Å²) in [5, 5.41) is 26.2. The molecule has 1 fully saturated rings. The number of hydrogen-bond acceptors (Lipinski definition) is 6. The largest absolute Gasteiger partial charge is 0.506 e. The van der Waals surface area contributed by atoms with Crippen molar-refractivity contribution in [3.8, 4) is 5.75 Å². The fraction of sp³-hybridized carbons (Fsp3) is 0.150. The van der Waals surface area contributed by atoms with Gasteiger partial charge in [-0.15, -0.1) is 0 Å². The van der Waals surface area contributed by atoms with E-state index in [1.807, 2.05) is 19.1 Å². The number of phenols is 1. The van der Waals surface area contributed by atoms with Crippen LogP contribution in [0.1, 0.15) is 18.1 Å². The van der Waals surface area contributed by atoms with E-state index >= 15 is 0 Å². The predicted octanol–water partition coefficient (Wildman–Crippen LogP) is 3.00. The molecule has 2 aromatic rings. The van der Waals surface area contributed by atoms with E-state index in [1.165, 1.54) is 6.07 Å². The third kappa shape index (κ3) is 4.82. The van der Waals surface area contributed by atoms with Crippen LogP contribution in [0.15, 0.2) is 42.1 Å². The van der Waals surface area contributed by atoms with Crippen LogP contribution in [0.3, 0.4) is 0 Å². The number of nitrogens with zero attached hydrogens (tertiary/aromatic N) is 2. The Bertz CT molecular complexity index is 1130. The number of aromatic hydroxyl groups is 1. The number of amides is 4. The van der Waals surface area contributed by atoms with Gasteiger partial charge in [-0.05, 0) is 46.7 Å². The highest BCUT2D eigenvalue weighted by Crippen LogP contribution is 2.31. The number of nitrogens with one attached hydrogen (secondary N) is 2. The monoisotopic (exact) mass is 536 g/mol. The number of nitro groups is 1. The van der Waals surface area contributed by atoms with E-state index < -0.39 is 29.3 Å². The molecule has 1 aliphatic heterocycles. The Labute approximate surface area is 190 Å². The van der Waals surface area contributed by atoms with Crippen LogP contribution in [0.5, 0.6) is 5.75 Å². The molecular formula is C20H17IN4O6. The molecule has 31 heavy (non-hydrogen) atoms. The molecule has 3 N–H and O–H groups in total. The number of hydrogen-bond donors (Lipinski definition) is 3. The van der Waals surface area contributed by atoms with E-state index in [1.54, 1.807) is 34.7 Å². The van der Waals surface area contributed by atoms with Crippen molar-refractivity contribution in [2.75, 3.05) is 11.9 Å². The lowest BCUT2D eigenvalue weighted by Gasteiger charge is -2.13. The molecule has 10 nitrogen and oxygen atoms in total. The molecule has 1 aliphatic rings. The normalized spacial score (nSPS) is 14.6. The lowest BCUT2D eigenvalue weighted by Crippen LogP contribution is -2.38. The maximum atomic E-state index is 12.6. The number of rotatable bonds is 6. The molecule has 11 heteroatoms. The van der Waals surface area contributed by atoms with Crippen molar-refractivity contribution in [2.45, 2.75) is 13.3 Å². The van der Waals surface area contributed by atoms with Crippen molar-refractivity contribution in [1.82, 2.24) is 10.2 Å². The van der Waals surface area contributed by atoms with Crippen molar-refractivity contribution in [2.24, 2.45) is 0 Å². The Balaban J connectivity index is 1.80. The number of aryl methyl sites for hydroxylation is 1. The first-order chi connectivity index (χ1) is 14.7. The van der Waals surface area contributed by atoms with E-state index in [0.717, 1.165) is 22.6 Å². The molecule has 0 bridgehead atoms. The van der Waals surface area contributed by atoms with Crippen LogP contribution in [0.25, 0.3) is 6.08 Å². The van der Waals surface area contributed by atoms with Crippen LogP contribution >= 0.6 is 22.6 Å². The molecule has 0 saturated carbocycles. The van der Waals surface area contributed by atoms with Gasteiger partial charge in [-0.3, -0.25) is 19.7 Å². The second-order valence-electron chi connectivity index (χ2n) is 6.56. The van der Waals surface area contributed by atoms with Gasteiger partial charge in [-0.2, -0.15) is 0 Å². The van der Waals surface area contributed by atoms with E-state index in [4.69, 9.17) is 0 Å². The van der Waals surface area contributed by atoms with Gasteiger partial charge in [0.25, 0.3) is 11.6 Å². The summed E-state index contributed by atoms with van der Waals surface area (Å²) < 4.78 is 0.209. The highest BCUT2D eigenvalue weighted by molar-refractivity contribution is 14.1. The topological polar surface area (TPSA) is 142 Å². The average molecular weight is 536 g/mol. The first-order valence-corrected chi connectivity index (χ1v) is 10.2. The smallest absolute Gasteiger partial charge is 0.329 e. The van der Waals surface area contributed by atoms with Gasteiger partial charge in [0.1, 0.15) is 18.0 Å². The number of urea groups is 1. The minimum absolute atomic E-state index is 0.00887. The van der Waals surface area contributed by atoms with Gasteiger partial charge < -0.3 is 15.7 Å². The molecule has 3 rings (SSSR count). The Morgan fingerprint density at radius 2 is 2.03 bits per heavy atom. The molecule has 0 atom stereocenters. The number of halogens is 1. The van der Waals surface area contributed by atoms with E-state index in [2.05, 4.69) is 10.6 Å². The van der Waals surface area contributed by atoms with Crippen molar-refractivity contribution >= 4 is 57.9 Å². The van der Waals surface area contributed by atoms with E-state index in [9.17, 15) is 29.6 Å². The fourth-order valence-corrected chi connectivity index (χ4v) is 3.61. The zero-order chi connectivity index (χ0) is 22.7. The van der Waals surface area contributed by atoms with Gasteiger partial charge in [-0.25, -0.2) is 9.69 Å². The van der Waals surface area contributed by atoms with Crippen LogP contribution in [0, 0.1) is 13.7 Å². The molecular weight excluding hydrogens is 519 g/mol. The van der Waals surface area contributed by atoms with Gasteiger partial charge >= 0.3 is 6.03 Å².